The van der Waals surface area contributed by atoms with Gasteiger partial charge >= 0.3 is 0 Å². The van der Waals surface area contributed by atoms with Crippen molar-refractivity contribution >= 4 is 11.8 Å². The van der Waals surface area contributed by atoms with Gasteiger partial charge < -0.3 is 25.0 Å². The molecule has 148 valence electrons. The van der Waals surface area contributed by atoms with Crippen molar-refractivity contribution in [2.75, 3.05) is 39.9 Å². The van der Waals surface area contributed by atoms with Crippen LogP contribution < -0.4 is 20.1 Å². The molecule has 2 saturated heterocycles. The number of ether oxygens (including phenoxy) is 2. The first-order valence-corrected chi connectivity index (χ1v) is 9.71. The molecule has 1 aromatic carbocycles. The van der Waals surface area contributed by atoms with Gasteiger partial charge in [0.25, 0.3) is 5.91 Å². The Morgan fingerprint density at radius 2 is 2.11 bits per heavy atom. The van der Waals surface area contributed by atoms with E-state index in [-0.39, 0.29) is 24.5 Å². The van der Waals surface area contributed by atoms with Gasteiger partial charge in [-0.1, -0.05) is 6.07 Å². The highest BCUT2D eigenvalue weighted by Gasteiger charge is 2.26. The lowest BCUT2D eigenvalue weighted by molar-refractivity contribution is -0.135. The number of nitrogens with one attached hydrogen (secondary N) is 2. The molecular formula is C20H29N3O4. The second-order valence-corrected chi connectivity index (χ2v) is 7.21. The van der Waals surface area contributed by atoms with Crippen molar-refractivity contribution in [2.24, 2.45) is 5.92 Å². The highest BCUT2D eigenvalue weighted by Crippen LogP contribution is 2.20. The van der Waals surface area contributed by atoms with Gasteiger partial charge in [-0.3, -0.25) is 9.59 Å². The molecule has 0 spiro atoms. The molecule has 2 atom stereocenters. The minimum absolute atomic E-state index is 0.0121. The Kier molecular flexibility index (Phi) is 6.92. The summed E-state index contributed by atoms with van der Waals surface area (Å²) in [6, 6.07) is 7.18. The van der Waals surface area contributed by atoms with Crippen LogP contribution in [0.15, 0.2) is 24.3 Å². The molecule has 0 radical (unpaired) electrons. The molecule has 2 unspecified atom stereocenters. The Balaban J connectivity index is 1.42. The fourth-order valence-electron chi connectivity index (χ4n) is 3.66. The molecule has 1 aromatic rings. The number of carbonyl (C=O) groups is 2. The van der Waals surface area contributed by atoms with Crippen LogP contribution in [0.5, 0.6) is 11.5 Å². The number of rotatable bonds is 7. The number of amides is 2. The lowest BCUT2D eigenvalue weighted by atomic mass is 9.97. The molecule has 2 heterocycles. The zero-order chi connectivity index (χ0) is 19.1. The number of methoxy groups -OCH3 is 1. The number of carbonyl (C=O) groups excluding carboxylic acids is 2. The van der Waals surface area contributed by atoms with Gasteiger partial charge in [0, 0.05) is 25.7 Å². The Labute approximate surface area is 160 Å². The summed E-state index contributed by atoms with van der Waals surface area (Å²) in [7, 11) is 1.60. The lowest BCUT2D eigenvalue weighted by Gasteiger charge is -2.33. The van der Waals surface area contributed by atoms with E-state index < -0.39 is 0 Å². The number of piperidine rings is 1. The van der Waals surface area contributed by atoms with E-state index in [1.807, 2.05) is 17.0 Å². The monoisotopic (exact) mass is 375 g/mol. The van der Waals surface area contributed by atoms with Crippen LogP contribution in [0.4, 0.5) is 0 Å². The molecule has 0 saturated carbocycles. The smallest absolute Gasteiger partial charge is 0.260 e. The van der Waals surface area contributed by atoms with Crippen molar-refractivity contribution in [2.45, 2.75) is 31.7 Å². The lowest BCUT2D eigenvalue weighted by Crippen LogP contribution is -2.47. The van der Waals surface area contributed by atoms with Gasteiger partial charge in [0.05, 0.1) is 13.2 Å². The average Bonchev–Trinajstić information content (AvgIpc) is 3.25. The molecule has 0 aromatic heterocycles. The zero-order valence-electron chi connectivity index (χ0n) is 15.9. The normalized spacial score (nSPS) is 22.3. The maximum Gasteiger partial charge on any atom is 0.260 e. The van der Waals surface area contributed by atoms with Crippen molar-refractivity contribution in [1.29, 1.82) is 0 Å². The van der Waals surface area contributed by atoms with Gasteiger partial charge in [0.2, 0.25) is 5.91 Å². The minimum atomic E-state index is -0.0532. The summed E-state index contributed by atoms with van der Waals surface area (Å²) in [6.07, 6.45) is 3.94. The van der Waals surface area contributed by atoms with E-state index in [4.69, 9.17) is 9.47 Å². The van der Waals surface area contributed by atoms with Crippen LogP contribution in [0.2, 0.25) is 0 Å². The standard InChI is InChI=1S/C20H29N3O4/c1-26-16-6-2-7-17(11-16)27-14-19(24)23-10-4-5-15(13-23)12-22-20(25)18-8-3-9-21-18/h2,6-7,11,15,18,21H,3-5,8-10,12-14H2,1H3,(H,22,25). The molecule has 2 aliphatic heterocycles. The van der Waals surface area contributed by atoms with Crippen LogP contribution in [0, 0.1) is 5.92 Å². The Morgan fingerprint density at radius 1 is 1.26 bits per heavy atom. The fourth-order valence-corrected chi connectivity index (χ4v) is 3.66. The summed E-state index contributed by atoms with van der Waals surface area (Å²) in [5.41, 5.74) is 0. The molecule has 2 aliphatic rings. The van der Waals surface area contributed by atoms with Crippen molar-refractivity contribution in [3.05, 3.63) is 24.3 Å². The zero-order valence-corrected chi connectivity index (χ0v) is 15.9. The van der Waals surface area contributed by atoms with Crippen LogP contribution >= 0.6 is 0 Å². The molecule has 2 fully saturated rings. The average molecular weight is 375 g/mol. The first-order valence-electron chi connectivity index (χ1n) is 9.71. The summed E-state index contributed by atoms with van der Waals surface area (Å²) in [6.45, 7) is 2.96. The number of hydrogen-bond acceptors (Lipinski definition) is 5. The Morgan fingerprint density at radius 3 is 2.89 bits per heavy atom. The molecule has 0 aliphatic carbocycles. The van der Waals surface area contributed by atoms with Gasteiger partial charge in [-0.2, -0.15) is 0 Å². The number of benzene rings is 1. The largest absolute Gasteiger partial charge is 0.497 e. The van der Waals surface area contributed by atoms with E-state index in [1.165, 1.54) is 0 Å². The van der Waals surface area contributed by atoms with Gasteiger partial charge in [0.1, 0.15) is 11.5 Å². The first-order chi connectivity index (χ1) is 13.2. The highest BCUT2D eigenvalue weighted by molar-refractivity contribution is 5.82. The maximum atomic E-state index is 12.5. The van der Waals surface area contributed by atoms with Crippen LogP contribution in [-0.2, 0) is 9.59 Å². The minimum Gasteiger partial charge on any atom is -0.497 e. The highest BCUT2D eigenvalue weighted by atomic mass is 16.5. The molecule has 0 bridgehead atoms. The van der Waals surface area contributed by atoms with E-state index in [9.17, 15) is 9.59 Å². The predicted octanol–water partition coefficient (Wildman–Crippen LogP) is 1.18. The van der Waals surface area contributed by atoms with E-state index in [0.717, 1.165) is 38.8 Å². The van der Waals surface area contributed by atoms with Gasteiger partial charge in [-0.15, -0.1) is 0 Å². The Hall–Kier alpha value is -2.28. The maximum absolute atomic E-state index is 12.5. The predicted molar refractivity (Wildman–Crippen MR) is 102 cm³/mol. The molecule has 7 nitrogen and oxygen atoms in total. The third-order valence-electron chi connectivity index (χ3n) is 5.22. The number of likely N-dealkylation sites (tertiary alicyclic amines) is 1. The summed E-state index contributed by atoms with van der Waals surface area (Å²) < 4.78 is 10.8. The SMILES string of the molecule is COc1cccc(OCC(=O)N2CCCC(CNC(=O)C3CCCN3)C2)c1. The summed E-state index contributed by atoms with van der Waals surface area (Å²) >= 11 is 0. The molecule has 2 amide bonds. The van der Waals surface area contributed by atoms with Crippen molar-refractivity contribution < 1.29 is 19.1 Å². The number of nitrogens with zero attached hydrogens (tertiary/aromatic N) is 1. The fraction of sp³-hybridized carbons (Fsp3) is 0.600. The van der Waals surface area contributed by atoms with Crippen LogP contribution in [-0.4, -0.2) is 62.7 Å². The van der Waals surface area contributed by atoms with Crippen molar-refractivity contribution in [3.8, 4) is 11.5 Å². The molecule has 2 N–H and O–H groups in total. The van der Waals surface area contributed by atoms with Gasteiger partial charge in [-0.25, -0.2) is 0 Å². The third-order valence-corrected chi connectivity index (χ3v) is 5.22. The van der Waals surface area contributed by atoms with Crippen LogP contribution in [0.25, 0.3) is 0 Å². The molecule has 7 heteroatoms. The van der Waals surface area contributed by atoms with Crippen LogP contribution in [0.3, 0.4) is 0 Å². The van der Waals surface area contributed by atoms with Gasteiger partial charge in [-0.05, 0) is 50.3 Å². The van der Waals surface area contributed by atoms with Gasteiger partial charge in [0.15, 0.2) is 6.61 Å². The van der Waals surface area contributed by atoms with Crippen molar-refractivity contribution in [1.82, 2.24) is 15.5 Å². The number of hydrogen-bond donors (Lipinski definition) is 2. The van der Waals surface area contributed by atoms with Crippen LogP contribution in [0.1, 0.15) is 25.7 Å². The molecule has 3 rings (SSSR count). The second kappa shape index (κ2) is 9.60. The van der Waals surface area contributed by atoms with E-state index >= 15 is 0 Å². The third kappa shape index (κ3) is 5.60. The second-order valence-electron chi connectivity index (χ2n) is 7.21. The topological polar surface area (TPSA) is 79.9 Å². The van der Waals surface area contributed by atoms with Crippen molar-refractivity contribution in [3.63, 3.8) is 0 Å². The summed E-state index contributed by atoms with van der Waals surface area (Å²) in [5.74, 6) is 1.67. The first kappa shape index (κ1) is 19.5. The Bertz CT molecular complexity index is 646. The van der Waals surface area contributed by atoms with E-state index in [1.54, 1.807) is 19.2 Å². The molecule has 27 heavy (non-hydrogen) atoms. The van der Waals surface area contributed by atoms with E-state index in [2.05, 4.69) is 10.6 Å². The molecular weight excluding hydrogens is 346 g/mol. The summed E-state index contributed by atoms with van der Waals surface area (Å²) in [4.78, 5) is 26.5. The summed E-state index contributed by atoms with van der Waals surface area (Å²) in [5, 5.41) is 6.25. The quantitative estimate of drug-likeness (QED) is 0.748. The van der Waals surface area contributed by atoms with E-state index in [0.29, 0.717) is 30.5 Å².